The molecule has 1 unspecified atom stereocenters. The minimum atomic E-state index is -0.633. The van der Waals surface area contributed by atoms with Crippen molar-refractivity contribution >= 4 is 11.8 Å². The number of hydrogen-bond acceptors (Lipinski definition) is 4. The molecule has 6 nitrogen and oxygen atoms in total. The van der Waals surface area contributed by atoms with Crippen molar-refractivity contribution in [1.29, 1.82) is 5.26 Å². The fourth-order valence-corrected chi connectivity index (χ4v) is 2.11. The van der Waals surface area contributed by atoms with Crippen LogP contribution in [0.15, 0.2) is 24.3 Å². The topological polar surface area (TPSA) is 82.4 Å². The van der Waals surface area contributed by atoms with Crippen LogP contribution in [0.25, 0.3) is 0 Å². The molecule has 1 aromatic carbocycles. The Labute approximate surface area is 123 Å². The zero-order valence-electron chi connectivity index (χ0n) is 11.8. The van der Waals surface area contributed by atoms with Gasteiger partial charge >= 0.3 is 0 Å². The molecule has 110 valence electrons. The highest BCUT2D eigenvalue weighted by Gasteiger charge is 2.24. The van der Waals surface area contributed by atoms with Crippen molar-refractivity contribution < 1.29 is 14.3 Å². The normalized spacial score (nSPS) is 16.4. The molecule has 0 spiro atoms. The van der Waals surface area contributed by atoms with Crippen molar-refractivity contribution in [2.24, 2.45) is 0 Å². The van der Waals surface area contributed by atoms with Gasteiger partial charge < -0.3 is 15.0 Å². The highest BCUT2D eigenvalue weighted by molar-refractivity contribution is 5.83. The maximum Gasteiger partial charge on any atom is 0.263 e. The SMILES string of the molecule is CC(Oc1ccc(C#N)cc1)C(=O)N1CCNC(=O)CC1. The molecular formula is C15H17N3O3. The van der Waals surface area contributed by atoms with E-state index in [0.717, 1.165) is 0 Å². The zero-order valence-corrected chi connectivity index (χ0v) is 11.8. The first-order valence-corrected chi connectivity index (χ1v) is 6.82. The summed E-state index contributed by atoms with van der Waals surface area (Å²) in [6, 6.07) is 8.63. The van der Waals surface area contributed by atoms with E-state index in [-0.39, 0.29) is 11.8 Å². The van der Waals surface area contributed by atoms with E-state index >= 15 is 0 Å². The molecule has 0 aromatic heterocycles. The molecule has 0 aliphatic carbocycles. The Morgan fingerprint density at radius 3 is 2.76 bits per heavy atom. The van der Waals surface area contributed by atoms with Crippen LogP contribution in [-0.4, -0.2) is 42.5 Å². The lowest BCUT2D eigenvalue weighted by Crippen LogP contribution is -2.42. The van der Waals surface area contributed by atoms with Gasteiger partial charge in [-0.05, 0) is 31.2 Å². The highest BCUT2D eigenvalue weighted by atomic mass is 16.5. The summed E-state index contributed by atoms with van der Waals surface area (Å²) in [5, 5.41) is 11.5. The molecular weight excluding hydrogens is 270 g/mol. The van der Waals surface area contributed by atoms with Gasteiger partial charge in [0.25, 0.3) is 5.91 Å². The zero-order chi connectivity index (χ0) is 15.2. The number of benzene rings is 1. The standard InChI is InChI=1S/C15H17N3O3/c1-11(21-13-4-2-12(10-16)3-5-13)15(20)18-8-6-14(19)17-7-9-18/h2-5,11H,6-9H2,1H3,(H,17,19). The van der Waals surface area contributed by atoms with Gasteiger partial charge in [0.1, 0.15) is 5.75 Å². The summed E-state index contributed by atoms with van der Waals surface area (Å²) in [5.41, 5.74) is 0.540. The smallest absolute Gasteiger partial charge is 0.263 e. The molecule has 1 aliphatic heterocycles. The monoisotopic (exact) mass is 287 g/mol. The number of nitriles is 1. The molecule has 0 saturated carbocycles. The molecule has 2 rings (SSSR count). The van der Waals surface area contributed by atoms with Gasteiger partial charge in [-0.25, -0.2) is 0 Å². The fourth-order valence-electron chi connectivity index (χ4n) is 2.11. The van der Waals surface area contributed by atoms with Gasteiger partial charge in [-0.3, -0.25) is 9.59 Å². The molecule has 21 heavy (non-hydrogen) atoms. The second-order valence-electron chi connectivity index (χ2n) is 4.82. The molecule has 1 atom stereocenters. The highest BCUT2D eigenvalue weighted by Crippen LogP contribution is 2.14. The van der Waals surface area contributed by atoms with Crippen molar-refractivity contribution in [3.8, 4) is 11.8 Å². The molecule has 1 heterocycles. The summed E-state index contributed by atoms with van der Waals surface area (Å²) < 4.78 is 5.59. The van der Waals surface area contributed by atoms with Crippen LogP contribution in [0.2, 0.25) is 0 Å². The van der Waals surface area contributed by atoms with Crippen LogP contribution in [0.1, 0.15) is 18.9 Å². The Morgan fingerprint density at radius 2 is 2.10 bits per heavy atom. The first kappa shape index (κ1) is 14.9. The molecule has 1 saturated heterocycles. The van der Waals surface area contributed by atoms with E-state index in [0.29, 0.717) is 37.4 Å². The van der Waals surface area contributed by atoms with Gasteiger partial charge in [-0.1, -0.05) is 0 Å². The first-order chi connectivity index (χ1) is 10.1. The van der Waals surface area contributed by atoms with Gasteiger partial charge in [0, 0.05) is 26.1 Å². The molecule has 0 radical (unpaired) electrons. The fraction of sp³-hybridized carbons (Fsp3) is 0.400. The predicted octanol–water partition coefficient (Wildman–Crippen LogP) is 0.674. The van der Waals surface area contributed by atoms with E-state index in [2.05, 4.69) is 5.32 Å². The lowest BCUT2D eigenvalue weighted by Gasteiger charge is -2.24. The molecule has 1 fully saturated rings. The first-order valence-electron chi connectivity index (χ1n) is 6.82. The summed E-state index contributed by atoms with van der Waals surface area (Å²) in [5.74, 6) is 0.362. The van der Waals surface area contributed by atoms with Crippen molar-refractivity contribution in [2.45, 2.75) is 19.4 Å². The van der Waals surface area contributed by atoms with E-state index in [4.69, 9.17) is 10.00 Å². The van der Waals surface area contributed by atoms with Crippen LogP contribution in [0, 0.1) is 11.3 Å². The molecule has 0 bridgehead atoms. The summed E-state index contributed by atoms with van der Waals surface area (Å²) >= 11 is 0. The minimum Gasteiger partial charge on any atom is -0.481 e. The Bertz CT molecular complexity index is 563. The van der Waals surface area contributed by atoms with Crippen molar-refractivity contribution in [2.75, 3.05) is 19.6 Å². The Hall–Kier alpha value is -2.55. The third kappa shape index (κ3) is 3.96. The van der Waals surface area contributed by atoms with Crippen LogP contribution in [0.5, 0.6) is 5.75 Å². The predicted molar refractivity (Wildman–Crippen MR) is 75.5 cm³/mol. The Balaban J connectivity index is 1.95. The van der Waals surface area contributed by atoms with Crippen LogP contribution in [-0.2, 0) is 9.59 Å². The molecule has 2 amide bonds. The molecule has 1 N–H and O–H groups in total. The van der Waals surface area contributed by atoms with E-state index in [1.54, 1.807) is 36.1 Å². The van der Waals surface area contributed by atoms with Crippen LogP contribution in [0.3, 0.4) is 0 Å². The van der Waals surface area contributed by atoms with Crippen molar-refractivity contribution in [3.63, 3.8) is 0 Å². The van der Waals surface area contributed by atoms with Crippen LogP contribution < -0.4 is 10.1 Å². The third-order valence-electron chi connectivity index (χ3n) is 3.27. The summed E-state index contributed by atoms with van der Waals surface area (Å²) in [4.78, 5) is 25.2. The molecule has 1 aliphatic rings. The quantitative estimate of drug-likeness (QED) is 0.886. The lowest BCUT2D eigenvalue weighted by molar-refractivity contribution is -0.137. The summed E-state index contributed by atoms with van der Waals surface area (Å²) in [7, 11) is 0. The summed E-state index contributed by atoms with van der Waals surface area (Å²) in [6.45, 7) is 3.05. The van der Waals surface area contributed by atoms with Crippen LogP contribution in [0.4, 0.5) is 0 Å². The van der Waals surface area contributed by atoms with E-state index < -0.39 is 6.10 Å². The lowest BCUT2D eigenvalue weighted by atomic mass is 10.2. The maximum absolute atomic E-state index is 12.3. The number of carbonyl (C=O) groups is 2. The number of amides is 2. The van der Waals surface area contributed by atoms with Gasteiger partial charge in [0.15, 0.2) is 6.10 Å². The molecule has 6 heteroatoms. The summed E-state index contributed by atoms with van der Waals surface area (Å²) in [6.07, 6.45) is -0.318. The number of nitrogens with one attached hydrogen (secondary N) is 1. The second-order valence-corrected chi connectivity index (χ2v) is 4.82. The van der Waals surface area contributed by atoms with E-state index in [9.17, 15) is 9.59 Å². The third-order valence-corrected chi connectivity index (χ3v) is 3.27. The van der Waals surface area contributed by atoms with Gasteiger partial charge in [0.05, 0.1) is 11.6 Å². The Kier molecular flexibility index (Phi) is 4.77. The average Bonchev–Trinajstić information content (AvgIpc) is 2.72. The van der Waals surface area contributed by atoms with Gasteiger partial charge in [-0.2, -0.15) is 5.26 Å². The average molecular weight is 287 g/mol. The second kappa shape index (κ2) is 6.75. The van der Waals surface area contributed by atoms with Crippen molar-refractivity contribution in [3.05, 3.63) is 29.8 Å². The Morgan fingerprint density at radius 1 is 1.38 bits per heavy atom. The van der Waals surface area contributed by atoms with Crippen molar-refractivity contribution in [1.82, 2.24) is 10.2 Å². The van der Waals surface area contributed by atoms with Gasteiger partial charge in [-0.15, -0.1) is 0 Å². The van der Waals surface area contributed by atoms with Crippen LogP contribution >= 0.6 is 0 Å². The largest absolute Gasteiger partial charge is 0.481 e. The number of ether oxygens (including phenoxy) is 1. The van der Waals surface area contributed by atoms with Gasteiger partial charge in [0.2, 0.25) is 5.91 Å². The van der Waals surface area contributed by atoms with E-state index in [1.165, 1.54) is 0 Å². The maximum atomic E-state index is 12.3. The number of rotatable bonds is 3. The van der Waals surface area contributed by atoms with E-state index in [1.807, 2.05) is 6.07 Å². The minimum absolute atomic E-state index is 0.0361. The number of carbonyl (C=O) groups excluding carboxylic acids is 2. The number of nitrogens with zero attached hydrogens (tertiary/aromatic N) is 2. The molecule has 1 aromatic rings. The number of hydrogen-bond donors (Lipinski definition) is 1.